The Balaban J connectivity index is 0.00000338. The van der Waals surface area contributed by atoms with Crippen LogP contribution in [0.15, 0.2) is 35.6 Å². The molecule has 0 radical (unpaired) electrons. The van der Waals surface area contributed by atoms with Gasteiger partial charge in [0, 0.05) is 43.8 Å². The maximum atomic E-state index is 13.3. The Morgan fingerprint density at radius 2 is 2.08 bits per heavy atom. The number of benzene rings is 1. The monoisotopic (exact) mass is 493 g/mol. The first-order valence-electron chi connectivity index (χ1n) is 8.19. The highest BCUT2D eigenvalue weighted by Crippen LogP contribution is 2.29. The minimum atomic E-state index is -0.328. The van der Waals surface area contributed by atoms with E-state index in [1.54, 1.807) is 17.8 Å². The number of rotatable bonds is 6. The molecule has 2 aromatic rings. The summed E-state index contributed by atoms with van der Waals surface area (Å²) >= 11 is 6.20. The van der Waals surface area contributed by atoms with E-state index in [-0.39, 0.29) is 35.2 Å². The highest BCUT2D eigenvalue weighted by Gasteiger charge is 2.24. The van der Waals surface area contributed by atoms with Gasteiger partial charge in [0.1, 0.15) is 5.82 Å². The van der Waals surface area contributed by atoms with Crippen molar-refractivity contribution in [2.75, 3.05) is 20.1 Å². The molecule has 8 heteroatoms. The molecule has 1 heterocycles. The van der Waals surface area contributed by atoms with Gasteiger partial charge in [-0.1, -0.05) is 31.5 Å². The normalized spacial score (nSPS) is 11.8. The van der Waals surface area contributed by atoms with E-state index in [9.17, 15) is 4.39 Å². The van der Waals surface area contributed by atoms with E-state index < -0.39 is 0 Å². The van der Waals surface area contributed by atoms with Crippen LogP contribution in [-0.4, -0.2) is 35.9 Å². The van der Waals surface area contributed by atoms with Gasteiger partial charge in [-0.25, -0.2) is 4.39 Å². The number of aliphatic imine (C=N–C) groups is 1. The van der Waals surface area contributed by atoms with Crippen molar-refractivity contribution >= 4 is 41.5 Å². The smallest absolute Gasteiger partial charge is 0.191 e. The number of aromatic nitrogens is 2. The second-order valence-corrected chi connectivity index (χ2v) is 7.04. The molecule has 26 heavy (non-hydrogen) atoms. The first kappa shape index (κ1) is 22.7. The van der Waals surface area contributed by atoms with E-state index in [0.717, 1.165) is 24.5 Å². The van der Waals surface area contributed by atoms with Crippen molar-refractivity contribution in [2.24, 2.45) is 12.0 Å². The molecule has 144 valence electrons. The summed E-state index contributed by atoms with van der Waals surface area (Å²) in [4.78, 5) is 4.24. The van der Waals surface area contributed by atoms with Gasteiger partial charge in [-0.05, 0) is 29.7 Å². The van der Waals surface area contributed by atoms with Crippen molar-refractivity contribution < 1.29 is 4.39 Å². The Bertz CT molecular complexity index is 745. The third-order valence-electron chi connectivity index (χ3n) is 4.05. The Labute approximate surface area is 176 Å². The summed E-state index contributed by atoms with van der Waals surface area (Å²) in [7, 11) is 3.64. The number of nitrogens with one attached hydrogen (secondary N) is 2. The average Bonchev–Trinajstić information content (AvgIpc) is 2.95. The lowest BCUT2D eigenvalue weighted by Crippen LogP contribution is -2.44. The molecule has 0 aliphatic carbocycles. The molecular formula is C18H26ClFIN5. The van der Waals surface area contributed by atoms with Gasteiger partial charge in [-0.2, -0.15) is 5.10 Å². The van der Waals surface area contributed by atoms with Crippen LogP contribution in [0.4, 0.5) is 4.39 Å². The van der Waals surface area contributed by atoms with Crippen LogP contribution in [0.3, 0.4) is 0 Å². The van der Waals surface area contributed by atoms with Crippen molar-refractivity contribution in [3.8, 4) is 0 Å². The molecule has 0 unspecified atom stereocenters. The number of guanidine groups is 1. The molecule has 0 saturated carbocycles. The zero-order valence-corrected chi connectivity index (χ0v) is 18.6. The van der Waals surface area contributed by atoms with Crippen LogP contribution in [0.5, 0.6) is 0 Å². The summed E-state index contributed by atoms with van der Waals surface area (Å²) < 4.78 is 15.0. The molecule has 0 fully saturated rings. The Kier molecular flexibility index (Phi) is 8.82. The van der Waals surface area contributed by atoms with E-state index in [0.29, 0.717) is 11.6 Å². The fraction of sp³-hybridized carbons (Fsp3) is 0.444. The number of aryl methyl sites for hydroxylation is 1. The van der Waals surface area contributed by atoms with Crippen LogP contribution in [0, 0.1) is 5.82 Å². The molecule has 0 aliphatic heterocycles. The Hall–Kier alpha value is -1.35. The SMILES string of the molecule is CN=C(NCCc1cnn(C)c1)NCC(C)(C)c1ccc(F)cc1Cl.I. The van der Waals surface area contributed by atoms with E-state index in [2.05, 4.69) is 34.6 Å². The van der Waals surface area contributed by atoms with Crippen molar-refractivity contribution in [3.05, 3.63) is 52.6 Å². The number of hydrogen-bond acceptors (Lipinski definition) is 2. The fourth-order valence-electron chi connectivity index (χ4n) is 2.59. The van der Waals surface area contributed by atoms with Gasteiger partial charge in [-0.15, -0.1) is 24.0 Å². The standard InChI is InChI=1S/C18H25ClFN5.HI/c1-18(2,15-6-5-14(20)9-16(15)19)12-23-17(21-3)22-8-7-13-10-24-25(4)11-13;/h5-6,9-11H,7-8,12H2,1-4H3,(H2,21,22,23);1H. The molecule has 0 bridgehead atoms. The predicted molar refractivity (Wildman–Crippen MR) is 116 cm³/mol. The van der Waals surface area contributed by atoms with Gasteiger partial charge in [0.2, 0.25) is 0 Å². The Morgan fingerprint density at radius 3 is 2.65 bits per heavy atom. The third kappa shape index (κ3) is 6.42. The van der Waals surface area contributed by atoms with E-state index in [1.165, 1.54) is 17.7 Å². The molecule has 2 N–H and O–H groups in total. The topological polar surface area (TPSA) is 54.2 Å². The van der Waals surface area contributed by atoms with E-state index in [1.807, 2.05) is 19.4 Å². The van der Waals surface area contributed by atoms with Crippen molar-refractivity contribution in [1.82, 2.24) is 20.4 Å². The first-order chi connectivity index (χ1) is 11.8. The van der Waals surface area contributed by atoms with Gasteiger partial charge < -0.3 is 10.6 Å². The number of halogens is 3. The lowest BCUT2D eigenvalue weighted by molar-refractivity contribution is 0.507. The van der Waals surface area contributed by atoms with Crippen LogP contribution < -0.4 is 10.6 Å². The van der Waals surface area contributed by atoms with Crippen molar-refractivity contribution in [1.29, 1.82) is 0 Å². The van der Waals surface area contributed by atoms with Crippen LogP contribution in [-0.2, 0) is 18.9 Å². The maximum Gasteiger partial charge on any atom is 0.191 e. The quantitative estimate of drug-likeness (QED) is 0.368. The molecule has 0 amide bonds. The Morgan fingerprint density at radius 1 is 1.35 bits per heavy atom. The average molecular weight is 494 g/mol. The minimum Gasteiger partial charge on any atom is -0.356 e. The summed E-state index contributed by atoms with van der Waals surface area (Å²) in [5, 5.41) is 11.2. The molecule has 0 saturated heterocycles. The maximum absolute atomic E-state index is 13.3. The summed E-state index contributed by atoms with van der Waals surface area (Å²) in [6.07, 6.45) is 4.72. The minimum absolute atomic E-state index is 0. The summed E-state index contributed by atoms with van der Waals surface area (Å²) in [6, 6.07) is 4.52. The first-order valence-corrected chi connectivity index (χ1v) is 8.57. The fourth-order valence-corrected chi connectivity index (χ4v) is 3.01. The largest absolute Gasteiger partial charge is 0.356 e. The third-order valence-corrected chi connectivity index (χ3v) is 4.36. The van der Waals surface area contributed by atoms with E-state index >= 15 is 0 Å². The number of nitrogens with zero attached hydrogens (tertiary/aromatic N) is 3. The second-order valence-electron chi connectivity index (χ2n) is 6.63. The highest BCUT2D eigenvalue weighted by molar-refractivity contribution is 14.0. The lowest BCUT2D eigenvalue weighted by Gasteiger charge is -2.27. The highest BCUT2D eigenvalue weighted by atomic mass is 127. The lowest BCUT2D eigenvalue weighted by atomic mass is 9.84. The predicted octanol–water partition coefficient (Wildman–Crippen LogP) is 3.52. The zero-order valence-electron chi connectivity index (χ0n) is 15.5. The molecule has 1 aromatic heterocycles. The summed E-state index contributed by atoms with van der Waals surface area (Å²) in [6.45, 7) is 5.48. The van der Waals surface area contributed by atoms with Crippen molar-refractivity contribution in [3.63, 3.8) is 0 Å². The van der Waals surface area contributed by atoms with Crippen molar-refractivity contribution in [2.45, 2.75) is 25.7 Å². The molecule has 2 rings (SSSR count). The zero-order chi connectivity index (χ0) is 18.4. The van der Waals surface area contributed by atoms with Gasteiger partial charge in [-0.3, -0.25) is 9.67 Å². The van der Waals surface area contributed by atoms with Crippen LogP contribution in [0.1, 0.15) is 25.0 Å². The van der Waals surface area contributed by atoms with Gasteiger partial charge in [0.05, 0.1) is 6.20 Å². The molecule has 0 atom stereocenters. The van der Waals surface area contributed by atoms with E-state index in [4.69, 9.17) is 11.6 Å². The van der Waals surface area contributed by atoms with Crippen LogP contribution in [0.2, 0.25) is 5.02 Å². The number of hydrogen-bond donors (Lipinski definition) is 2. The van der Waals surface area contributed by atoms with Crippen LogP contribution >= 0.6 is 35.6 Å². The molecular weight excluding hydrogens is 468 g/mol. The molecule has 5 nitrogen and oxygen atoms in total. The van der Waals surface area contributed by atoms with Gasteiger partial charge in [0.25, 0.3) is 0 Å². The summed E-state index contributed by atoms with van der Waals surface area (Å²) in [5.74, 6) is 0.389. The van der Waals surface area contributed by atoms with Gasteiger partial charge >= 0.3 is 0 Å². The summed E-state index contributed by atoms with van der Waals surface area (Å²) in [5.41, 5.74) is 1.80. The van der Waals surface area contributed by atoms with Gasteiger partial charge in [0.15, 0.2) is 5.96 Å². The van der Waals surface area contributed by atoms with Crippen LogP contribution in [0.25, 0.3) is 0 Å². The molecule has 0 aliphatic rings. The molecule has 1 aromatic carbocycles. The second kappa shape index (κ2) is 10.1. The molecule has 0 spiro atoms.